The van der Waals surface area contributed by atoms with E-state index in [9.17, 15) is 14.4 Å². The van der Waals surface area contributed by atoms with E-state index < -0.39 is 11.5 Å². The summed E-state index contributed by atoms with van der Waals surface area (Å²) in [5.41, 5.74) is -0.798. The molecular weight excluding hydrogens is 320 g/mol. The van der Waals surface area contributed by atoms with Crippen LogP contribution < -0.4 is 5.32 Å². The van der Waals surface area contributed by atoms with Crippen molar-refractivity contribution in [2.24, 2.45) is 0 Å². The van der Waals surface area contributed by atoms with Crippen LogP contribution in [-0.4, -0.2) is 60.1 Å². The molecule has 1 fully saturated rings. The van der Waals surface area contributed by atoms with Crippen molar-refractivity contribution in [2.45, 2.75) is 24.8 Å². The summed E-state index contributed by atoms with van der Waals surface area (Å²) in [6.07, 6.45) is 0.756. The monoisotopic (exact) mass is 340 g/mol. The summed E-state index contributed by atoms with van der Waals surface area (Å²) in [4.78, 5) is 37.4. The summed E-state index contributed by atoms with van der Waals surface area (Å²) in [6.45, 7) is 0.716. The zero-order chi connectivity index (χ0) is 16.9. The van der Waals surface area contributed by atoms with Gasteiger partial charge in [0, 0.05) is 20.3 Å². The molecule has 1 aromatic rings. The summed E-state index contributed by atoms with van der Waals surface area (Å²) in [7, 11) is 1.55. The molecule has 1 aliphatic rings. The van der Waals surface area contributed by atoms with Gasteiger partial charge in [0.25, 0.3) is 5.91 Å². The fourth-order valence-corrected chi connectivity index (χ4v) is 3.33. The lowest BCUT2D eigenvalue weighted by molar-refractivity contribution is -0.140. The molecule has 1 aromatic heterocycles. The molecular formula is C15H20N2O5S. The second kappa shape index (κ2) is 7.56. The predicted molar refractivity (Wildman–Crippen MR) is 84.5 cm³/mol. The van der Waals surface area contributed by atoms with Crippen LogP contribution in [0.1, 0.15) is 28.9 Å². The van der Waals surface area contributed by atoms with Gasteiger partial charge in [0.2, 0.25) is 5.91 Å². The van der Waals surface area contributed by atoms with Crippen LogP contribution in [0.15, 0.2) is 17.5 Å². The van der Waals surface area contributed by atoms with Gasteiger partial charge in [-0.3, -0.25) is 14.4 Å². The van der Waals surface area contributed by atoms with E-state index >= 15 is 0 Å². The number of nitrogens with one attached hydrogen (secondary N) is 1. The Balaban J connectivity index is 1.96. The molecule has 0 radical (unpaired) electrons. The second-order valence-electron chi connectivity index (χ2n) is 5.65. The van der Waals surface area contributed by atoms with Crippen LogP contribution in [0.4, 0.5) is 0 Å². The minimum atomic E-state index is -0.963. The Kier molecular flexibility index (Phi) is 5.73. The summed E-state index contributed by atoms with van der Waals surface area (Å²) < 4.78 is 5.25. The number of likely N-dealkylation sites (N-methyl/N-ethyl adjacent to an activating group) is 1. The Hall–Kier alpha value is -1.93. The van der Waals surface area contributed by atoms with Crippen LogP contribution in [0.25, 0.3) is 0 Å². The number of nitrogens with zero attached hydrogens (tertiary/aromatic N) is 1. The molecule has 0 aliphatic carbocycles. The van der Waals surface area contributed by atoms with E-state index in [2.05, 4.69) is 5.32 Å². The summed E-state index contributed by atoms with van der Waals surface area (Å²) in [5.74, 6) is -1.55. The van der Waals surface area contributed by atoms with Crippen molar-refractivity contribution in [3.05, 3.63) is 22.4 Å². The molecule has 23 heavy (non-hydrogen) atoms. The maximum atomic E-state index is 12.2. The van der Waals surface area contributed by atoms with Crippen molar-refractivity contribution >= 4 is 29.1 Å². The first kappa shape index (κ1) is 17.4. The molecule has 2 rings (SSSR count). The molecule has 0 spiro atoms. The van der Waals surface area contributed by atoms with Crippen LogP contribution in [0.3, 0.4) is 0 Å². The molecule has 2 amide bonds. The Morgan fingerprint density at radius 1 is 1.39 bits per heavy atom. The standard InChI is InChI=1S/C15H20N2O5S/c1-17(14(21)11-3-2-8-23-11)10-12(18)16-15(9-13(19)20)4-6-22-7-5-15/h2-3,8H,4-7,9-10H2,1H3,(H,16,18)(H,19,20). The Labute approximate surface area is 138 Å². The van der Waals surface area contributed by atoms with Crippen molar-refractivity contribution in [2.75, 3.05) is 26.8 Å². The van der Waals surface area contributed by atoms with Gasteiger partial charge in [-0.1, -0.05) is 6.07 Å². The van der Waals surface area contributed by atoms with Gasteiger partial charge < -0.3 is 20.1 Å². The normalized spacial score (nSPS) is 16.6. The molecule has 0 bridgehead atoms. The maximum Gasteiger partial charge on any atom is 0.305 e. The number of aliphatic carboxylic acids is 1. The van der Waals surface area contributed by atoms with E-state index in [1.54, 1.807) is 24.6 Å². The van der Waals surface area contributed by atoms with Crippen LogP contribution in [0.2, 0.25) is 0 Å². The topological polar surface area (TPSA) is 95.9 Å². The van der Waals surface area contributed by atoms with Crippen LogP contribution in [-0.2, 0) is 14.3 Å². The number of carbonyl (C=O) groups excluding carboxylic acids is 2. The highest BCUT2D eigenvalue weighted by Gasteiger charge is 2.36. The first-order valence-electron chi connectivity index (χ1n) is 7.31. The number of hydrogen-bond acceptors (Lipinski definition) is 5. The van der Waals surface area contributed by atoms with Crippen LogP contribution >= 0.6 is 11.3 Å². The third-order valence-corrected chi connectivity index (χ3v) is 4.66. The molecule has 1 saturated heterocycles. The van der Waals surface area contributed by atoms with Crippen molar-refractivity contribution in [3.8, 4) is 0 Å². The Bertz CT molecular complexity index is 566. The summed E-state index contributed by atoms with van der Waals surface area (Å²) >= 11 is 1.31. The number of carboxylic acids is 1. The lowest BCUT2D eigenvalue weighted by atomic mass is 9.86. The first-order valence-corrected chi connectivity index (χ1v) is 8.19. The fraction of sp³-hybridized carbons (Fsp3) is 0.533. The van der Waals surface area contributed by atoms with E-state index in [1.807, 2.05) is 0 Å². The van der Waals surface area contributed by atoms with Gasteiger partial charge in [-0.05, 0) is 24.3 Å². The number of carbonyl (C=O) groups is 3. The number of thiophene rings is 1. The molecule has 2 heterocycles. The number of carboxylic acid groups (broad SMARTS) is 1. The quantitative estimate of drug-likeness (QED) is 0.804. The summed E-state index contributed by atoms with van der Waals surface area (Å²) in [5, 5.41) is 13.7. The van der Waals surface area contributed by atoms with Crippen molar-refractivity contribution in [3.63, 3.8) is 0 Å². The van der Waals surface area contributed by atoms with E-state index in [1.165, 1.54) is 16.2 Å². The Morgan fingerprint density at radius 2 is 2.09 bits per heavy atom. The number of hydrogen-bond donors (Lipinski definition) is 2. The van der Waals surface area contributed by atoms with Crippen LogP contribution in [0.5, 0.6) is 0 Å². The average Bonchev–Trinajstić information content (AvgIpc) is 3.00. The van der Waals surface area contributed by atoms with Gasteiger partial charge in [-0.25, -0.2) is 0 Å². The van der Waals surface area contributed by atoms with Crippen molar-refractivity contribution < 1.29 is 24.2 Å². The highest BCUT2D eigenvalue weighted by molar-refractivity contribution is 7.12. The van der Waals surface area contributed by atoms with E-state index in [0.717, 1.165) is 0 Å². The van der Waals surface area contributed by atoms with Gasteiger partial charge in [-0.2, -0.15) is 0 Å². The molecule has 2 N–H and O–H groups in total. The average molecular weight is 340 g/mol. The second-order valence-corrected chi connectivity index (χ2v) is 6.60. The molecule has 8 heteroatoms. The molecule has 0 aromatic carbocycles. The largest absolute Gasteiger partial charge is 0.481 e. The fourth-order valence-electron chi connectivity index (χ4n) is 2.61. The van der Waals surface area contributed by atoms with E-state index in [-0.39, 0.29) is 24.8 Å². The molecule has 0 atom stereocenters. The first-order chi connectivity index (χ1) is 10.9. The highest BCUT2D eigenvalue weighted by Crippen LogP contribution is 2.24. The number of ether oxygens (including phenoxy) is 1. The smallest absolute Gasteiger partial charge is 0.305 e. The zero-order valence-corrected chi connectivity index (χ0v) is 13.7. The minimum absolute atomic E-state index is 0.112. The number of amides is 2. The SMILES string of the molecule is CN(CC(=O)NC1(CC(=O)O)CCOCC1)C(=O)c1cccs1. The van der Waals surface area contributed by atoms with Crippen LogP contribution in [0, 0.1) is 0 Å². The number of rotatable bonds is 6. The van der Waals surface area contributed by atoms with Gasteiger partial charge in [0.05, 0.1) is 23.4 Å². The lowest BCUT2D eigenvalue weighted by Crippen LogP contribution is -2.55. The zero-order valence-electron chi connectivity index (χ0n) is 12.9. The van der Waals surface area contributed by atoms with Crippen molar-refractivity contribution in [1.82, 2.24) is 10.2 Å². The maximum absolute atomic E-state index is 12.2. The highest BCUT2D eigenvalue weighted by atomic mass is 32.1. The summed E-state index contributed by atoms with van der Waals surface area (Å²) in [6, 6.07) is 3.47. The van der Waals surface area contributed by atoms with E-state index in [0.29, 0.717) is 30.9 Å². The predicted octanol–water partition coefficient (Wildman–Crippen LogP) is 0.960. The van der Waals surface area contributed by atoms with Gasteiger partial charge in [-0.15, -0.1) is 11.3 Å². The molecule has 1 aliphatic heterocycles. The molecule has 126 valence electrons. The van der Waals surface area contributed by atoms with Gasteiger partial charge >= 0.3 is 5.97 Å². The molecule has 0 unspecified atom stereocenters. The Morgan fingerprint density at radius 3 is 2.65 bits per heavy atom. The van der Waals surface area contributed by atoms with Gasteiger partial charge in [0.15, 0.2) is 0 Å². The molecule has 0 saturated carbocycles. The third kappa shape index (κ3) is 4.77. The lowest BCUT2D eigenvalue weighted by Gasteiger charge is -2.37. The minimum Gasteiger partial charge on any atom is -0.481 e. The third-order valence-electron chi connectivity index (χ3n) is 3.80. The van der Waals surface area contributed by atoms with Gasteiger partial charge in [0.1, 0.15) is 0 Å². The molecule has 7 nitrogen and oxygen atoms in total. The van der Waals surface area contributed by atoms with E-state index in [4.69, 9.17) is 9.84 Å². The van der Waals surface area contributed by atoms with Crippen molar-refractivity contribution in [1.29, 1.82) is 0 Å².